The lowest BCUT2D eigenvalue weighted by Crippen LogP contribution is -2.51. The van der Waals surface area contributed by atoms with Crippen LogP contribution >= 0.6 is 0 Å². The van der Waals surface area contributed by atoms with Crippen molar-refractivity contribution < 1.29 is 0 Å². The summed E-state index contributed by atoms with van der Waals surface area (Å²) >= 11 is 0. The van der Waals surface area contributed by atoms with Gasteiger partial charge in [-0.15, -0.1) is 0 Å². The zero-order chi connectivity index (χ0) is 9.26. The van der Waals surface area contributed by atoms with Crippen LogP contribution in [0.2, 0.25) is 0 Å². The van der Waals surface area contributed by atoms with Crippen molar-refractivity contribution in [1.82, 2.24) is 15.1 Å². The Kier molecular flexibility index (Phi) is 2.22. The van der Waals surface area contributed by atoms with Crippen molar-refractivity contribution in [2.75, 3.05) is 18.4 Å². The van der Waals surface area contributed by atoms with Crippen molar-refractivity contribution in [3.05, 3.63) is 12.3 Å². The number of rotatable bonds is 3. The third kappa shape index (κ3) is 1.83. The molecule has 1 fully saturated rings. The van der Waals surface area contributed by atoms with E-state index in [0.717, 1.165) is 18.9 Å². The summed E-state index contributed by atoms with van der Waals surface area (Å²) in [4.78, 5) is 0. The van der Waals surface area contributed by atoms with Crippen LogP contribution in [0.3, 0.4) is 0 Å². The number of hydrogen-bond acceptors (Lipinski definition) is 3. The SMILES string of the molecule is CC(C)n1ccc(NC2CNC2)n1. The molecule has 0 aliphatic carbocycles. The van der Waals surface area contributed by atoms with Crippen LogP contribution in [0.25, 0.3) is 0 Å². The first-order valence-corrected chi connectivity index (χ1v) is 4.78. The fraction of sp³-hybridized carbons (Fsp3) is 0.667. The van der Waals surface area contributed by atoms with Crippen LogP contribution in [0.1, 0.15) is 19.9 Å². The minimum Gasteiger partial charge on any atom is -0.363 e. The Morgan fingerprint density at radius 2 is 2.38 bits per heavy atom. The van der Waals surface area contributed by atoms with E-state index >= 15 is 0 Å². The largest absolute Gasteiger partial charge is 0.363 e. The van der Waals surface area contributed by atoms with Crippen LogP contribution in [-0.2, 0) is 0 Å². The predicted octanol–water partition coefficient (Wildman–Crippen LogP) is 0.848. The Labute approximate surface area is 78.3 Å². The maximum atomic E-state index is 4.41. The van der Waals surface area contributed by atoms with E-state index in [9.17, 15) is 0 Å². The van der Waals surface area contributed by atoms with E-state index in [0.29, 0.717) is 12.1 Å². The van der Waals surface area contributed by atoms with E-state index < -0.39 is 0 Å². The van der Waals surface area contributed by atoms with Crippen LogP contribution in [0, 0.1) is 0 Å². The number of hydrogen-bond donors (Lipinski definition) is 2. The monoisotopic (exact) mass is 180 g/mol. The zero-order valence-electron chi connectivity index (χ0n) is 8.12. The van der Waals surface area contributed by atoms with Gasteiger partial charge in [0.2, 0.25) is 0 Å². The van der Waals surface area contributed by atoms with Crippen molar-refractivity contribution in [3.63, 3.8) is 0 Å². The van der Waals surface area contributed by atoms with Crippen molar-refractivity contribution in [2.24, 2.45) is 0 Å². The fourth-order valence-electron chi connectivity index (χ4n) is 1.30. The van der Waals surface area contributed by atoms with Gasteiger partial charge < -0.3 is 10.6 Å². The molecule has 72 valence electrons. The highest BCUT2D eigenvalue weighted by Gasteiger charge is 2.16. The van der Waals surface area contributed by atoms with Crippen molar-refractivity contribution in [2.45, 2.75) is 25.9 Å². The molecule has 0 amide bonds. The van der Waals surface area contributed by atoms with E-state index in [1.54, 1.807) is 0 Å². The van der Waals surface area contributed by atoms with Crippen LogP contribution in [0.5, 0.6) is 0 Å². The van der Waals surface area contributed by atoms with Gasteiger partial charge in [0.15, 0.2) is 0 Å². The summed E-state index contributed by atoms with van der Waals surface area (Å²) in [6.07, 6.45) is 2.01. The minimum absolute atomic E-state index is 0.440. The van der Waals surface area contributed by atoms with Gasteiger partial charge in [0.25, 0.3) is 0 Å². The zero-order valence-corrected chi connectivity index (χ0v) is 8.12. The van der Waals surface area contributed by atoms with Crippen LogP contribution in [0.15, 0.2) is 12.3 Å². The topological polar surface area (TPSA) is 41.9 Å². The first-order valence-electron chi connectivity index (χ1n) is 4.78. The Morgan fingerprint density at radius 3 is 2.85 bits per heavy atom. The van der Waals surface area contributed by atoms with Crippen LogP contribution in [0.4, 0.5) is 5.82 Å². The molecule has 1 aliphatic rings. The summed E-state index contributed by atoms with van der Waals surface area (Å²) in [6, 6.07) is 3.03. The number of anilines is 1. The van der Waals surface area contributed by atoms with Gasteiger partial charge in [-0.1, -0.05) is 0 Å². The molecular formula is C9H16N4. The summed E-state index contributed by atoms with van der Waals surface area (Å²) in [5.41, 5.74) is 0. The average Bonchev–Trinajstić information content (AvgIpc) is 2.44. The molecule has 2 N–H and O–H groups in total. The maximum absolute atomic E-state index is 4.41. The first kappa shape index (κ1) is 8.56. The molecular weight excluding hydrogens is 164 g/mol. The second-order valence-electron chi connectivity index (χ2n) is 3.77. The molecule has 0 saturated carbocycles. The fourth-order valence-corrected chi connectivity index (χ4v) is 1.30. The van der Waals surface area contributed by atoms with Crippen molar-refractivity contribution >= 4 is 5.82 Å². The third-order valence-corrected chi connectivity index (χ3v) is 2.27. The molecule has 1 aliphatic heterocycles. The van der Waals surface area contributed by atoms with E-state index in [1.165, 1.54) is 0 Å². The molecule has 0 spiro atoms. The van der Waals surface area contributed by atoms with Gasteiger partial charge in [0.1, 0.15) is 5.82 Å². The van der Waals surface area contributed by atoms with E-state index in [4.69, 9.17) is 0 Å². The van der Waals surface area contributed by atoms with E-state index in [1.807, 2.05) is 16.9 Å². The molecule has 13 heavy (non-hydrogen) atoms. The standard InChI is InChI=1S/C9H16N4/c1-7(2)13-4-3-9(12-13)11-8-5-10-6-8/h3-4,7-8,10H,5-6H2,1-2H3,(H,11,12). The second kappa shape index (κ2) is 3.38. The highest BCUT2D eigenvalue weighted by Crippen LogP contribution is 2.10. The molecule has 2 heterocycles. The molecule has 1 aromatic heterocycles. The Bertz CT molecular complexity index is 275. The van der Waals surface area contributed by atoms with Gasteiger partial charge in [-0.05, 0) is 13.8 Å². The van der Waals surface area contributed by atoms with Gasteiger partial charge in [-0.3, -0.25) is 4.68 Å². The summed E-state index contributed by atoms with van der Waals surface area (Å²) in [6.45, 7) is 6.35. The van der Waals surface area contributed by atoms with Crippen LogP contribution in [-0.4, -0.2) is 28.9 Å². The van der Waals surface area contributed by atoms with Crippen molar-refractivity contribution in [1.29, 1.82) is 0 Å². The number of nitrogens with zero attached hydrogens (tertiary/aromatic N) is 2. The minimum atomic E-state index is 0.440. The lowest BCUT2D eigenvalue weighted by molar-refractivity contribution is 0.468. The van der Waals surface area contributed by atoms with Gasteiger partial charge >= 0.3 is 0 Å². The molecule has 2 rings (SSSR count). The van der Waals surface area contributed by atoms with E-state index in [2.05, 4.69) is 29.6 Å². The summed E-state index contributed by atoms with van der Waals surface area (Å²) in [7, 11) is 0. The van der Waals surface area contributed by atoms with Gasteiger partial charge in [-0.2, -0.15) is 5.10 Å². The van der Waals surface area contributed by atoms with Gasteiger partial charge in [0, 0.05) is 31.4 Å². The predicted molar refractivity (Wildman–Crippen MR) is 52.9 cm³/mol. The second-order valence-corrected chi connectivity index (χ2v) is 3.77. The Balaban J connectivity index is 1.96. The highest BCUT2D eigenvalue weighted by atomic mass is 15.3. The Morgan fingerprint density at radius 1 is 1.62 bits per heavy atom. The third-order valence-electron chi connectivity index (χ3n) is 2.27. The molecule has 0 radical (unpaired) electrons. The molecule has 4 heteroatoms. The van der Waals surface area contributed by atoms with Crippen molar-refractivity contribution in [3.8, 4) is 0 Å². The summed E-state index contributed by atoms with van der Waals surface area (Å²) < 4.78 is 1.97. The van der Waals surface area contributed by atoms with Gasteiger partial charge in [0.05, 0.1) is 6.04 Å². The molecule has 0 unspecified atom stereocenters. The lowest BCUT2D eigenvalue weighted by atomic mass is 10.2. The molecule has 0 atom stereocenters. The van der Waals surface area contributed by atoms with E-state index in [-0.39, 0.29) is 0 Å². The molecule has 4 nitrogen and oxygen atoms in total. The molecule has 0 aromatic carbocycles. The van der Waals surface area contributed by atoms with Gasteiger partial charge in [-0.25, -0.2) is 0 Å². The molecule has 1 aromatic rings. The highest BCUT2D eigenvalue weighted by molar-refractivity contribution is 5.34. The smallest absolute Gasteiger partial charge is 0.148 e. The normalized spacial score (nSPS) is 17.5. The lowest BCUT2D eigenvalue weighted by Gasteiger charge is -2.27. The molecule has 1 saturated heterocycles. The maximum Gasteiger partial charge on any atom is 0.148 e. The van der Waals surface area contributed by atoms with Crippen LogP contribution < -0.4 is 10.6 Å². The summed E-state index contributed by atoms with van der Waals surface area (Å²) in [5, 5.41) is 11.0. The average molecular weight is 180 g/mol. The Hall–Kier alpha value is -1.03. The molecule has 0 bridgehead atoms. The first-order chi connectivity index (χ1) is 6.25. The number of nitrogens with one attached hydrogen (secondary N) is 2. The summed E-state index contributed by atoms with van der Waals surface area (Å²) in [5.74, 6) is 0.986. The quantitative estimate of drug-likeness (QED) is 0.724. The number of aromatic nitrogens is 2.